The van der Waals surface area contributed by atoms with E-state index >= 15 is 0 Å². The van der Waals surface area contributed by atoms with Crippen molar-refractivity contribution in [3.8, 4) is 0 Å². The standard InChI is InChI=1S/C22H22N6O2S/c29-22(28-3-5-30-6-4-28)13-1-2-16-17(7-13)31-21-19(16)20(25-12-26-21)27-18-8-14-9-23-10-15(14)11-24-18/h8-9,11-13H,1-7,10H2,(H,24,25,26,27)/t13-/m0/s1. The number of amides is 1. The minimum absolute atomic E-state index is 0.0423. The van der Waals surface area contributed by atoms with Gasteiger partial charge in [0.15, 0.2) is 0 Å². The van der Waals surface area contributed by atoms with Gasteiger partial charge in [0.25, 0.3) is 0 Å². The monoisotopic (exact) mass is 434 g/mol. The van der Waals surface area contributed by atoms with Crippen molar-refractivity contribution in [2.75, 3.05) is 31.6 Å². The van der Waals surface area contributed by atoms with Gasteiger partial charge >= 0.3 is 0 Å². The normalized spacial score (nSPS) is 20.0. The number of aromatic nitrogens is 3. The summed E-state index contributed by atoms with van der Waals surface area (Å²) in [5.41, 5.74) is 3.51. The molecule has 1 fully saturated rings. The lowest BCUT2D eigenvalue weighted by Crippen LogP contribution is -2.44. The van der Waals surface area contributed by atoms with E-state index in [4.69, 9.17) is 4.74 Å². The van der Waals surface area contributed by atoms with E-state index in [9.17, 15) is 4.79 Å². The summed E-state index contributed by atoms with van der Waals surface area (Å²) in [5, 5.41) is 4.46. The number of aliphatic imine (C=N–C) groups is 1. The van der Waals surface area contributed by atoms with E-state index in [0.29, 0.717) is 32.8 Å². The van der Waals surface area contributed by atoms with Crippen LogP contribution in [0.2, 0.25) is 0 Å². The van der Waals surface area contributed by atoms with Crippen LogP contribution in [0.25, 0.3) is 10.2 Å². The van der Waals surface area contributed by atoms with Gasteiger partial charge in [0.2, 0.25) is 5.91 Å². The maximum Gasteiger partial charge on any atom is 0.226 e. The van der Waals surface area contributed by atoms with Crippen LogP contribution in [0.15, 0.2) is 23.6 Å². The van der Waals surface area contributed by atoms with Gasteiger partial charge in [-0.2, -0.15) is 0 Å². The number of carbonyl (C=O) groups excluding carboxylic acids is 1. The van der Waals surface area contributed by atoms with Crippen LogP contribution in [0.1, 0.15) is 28.0 Å². The summed E-state index contributed by atoms with van der Waals surface area (Å²) in [6.45, 7) is 3.38. The fraction of sp³-hybridized carbons (Fsp3) is 0.409. The second-order valence-electron chi connectivity index (χ2n) is 8.15. The first-order chi connectivity index (χ1) is 15.3. The third-order valence-electron chi connectivity index (χ3n) is 6.28. The Balaban J connectivity index is 1.29. The third kappa shape index (κ3) is 3.37. The molecule has 1 aliphatic carbocycles. The number of anilines is 2. The van der Waals surface area contributed by atoms with Crippen LogP contribution in [0.4, 0.5) is 11.6 Å². The molecule has 1 amide bonds. The first-order valence-electron chi connectivity index (χ1n) is 10.6. The molecule has 6 rings (SSSR count). The molecule has 9 heteroatoms. The molecule has 0 unspecified atom stereocenters. The lowest BCUT2D eigenvalue weighted by Gasteiger charge is -2.31. The van der Waals surface area contributed by atoms with Crippen LogP contribution in [0, 0.1) is 5.92 Å². The maximum absolute atomic E-state index is 13.0. The maximum atomic E-state index is 13.0. The molecule has 31 heavy (non-hydrogen) atoms. The Bertz CT molecular complexity index is 1200. The highest BCUT2D eigenvalue weighted by atomic mass is 32.1. The Morgan fingerprint density at radius 1 is 1.23 bits per heavy atom. The van der Waals surface area contributed by atoms with E-state index in [1.54, 1.807) is 17.7 Å². The molecular weight excluding hydrogens is 412 g/mol. The first-order valence-corrected chi connectivity index (χ1v) is 11.5. The number of morpholine rings is 1. The molecule has 0 spiro atoms. The van der Waals surface area contributed by atoms with Crippen molar-refractivity contribution >= 4 is 45.3 Å². The van der Waals surface area contributed by atoms with Crippen LogP contribution in [-0.4, -0.2) is 58.3 Å². The largest absolute Gasteiger partial charge is 0.378 e. The number of nitrogens with one attached hydrogen (secondary N) is 1. The predicted molar refractivity (Wildman–Crippen MR) is 119 cm³/mol. The van der Waals surface area contributed by atoms with Crippen molar-refractivity contribution in [3.63, 3.8) is 0 Å². The van der Waals surface area contributed by atoms with Gasteiger partial charge in [-0.1, -0.05) is 0 Å². The van der Waals surface area contributed by atoms with Gasteiger partial charge in [0.1, 0.15) is 22.8 Å². The van der Waals surface area contributed by atoms with Crippen LogP contribution in [0.3, 0.4) is 0 Å². The molecular formula is C22H22N6O2S. The highest BCUT2D eigenvalue weighted by molar-refractivity contribution is 7.19. The number of nitrogens with zero attached hydrogens (tertiary/aromatic N) is 5. The zero-order valence-corrected chi connectivity index (χ0v) is 17.8. The smallest absolute Gasteiger partial charge is 0.226 e. The van der Waals surface area contributed by atoms with Crippen molar-refractivity contribution in [2.45, 2.75) is 25.8 Å². The number of rotatable bonds is 3. The van der Waals surface area contributed by atoms with Gasteiger partial charge in [0, 0.05) is 47.4 Å². The Labute approximate surface area is 183 Å². The van der Waals surface area contributed by atoms with Gasteiger partial charge in [-0.05, 0) is 30.9 Å². The number of fused-ring (bicyclic) bond motifs is 4. The fourth-order valence-electron chi connectivity index (χ4n) is 4.64. The zero-order valence-electron chi connectivity index (χ0n) is 17.0. The summed E-state index contributed by atoms with van der Waals surface area (Å²) in [7, 11) is 0. The van der Waals surface area contributed by atoms with Crippen LogP contribution in [-0.2, 0) is 28.9 Å². The number of hydrogen-bond acceptors (Lipinski definition) is 8. The molecule has 0 bridgehead atoms. The summed E-state index contributed by atoms with van der Waals surface area (Å²) < 4.78 is 5.39. The van der Waals surface area contributed by atoms with E-state index in [1.807, 2.05) is 23.4 Å². The average molecular weight is 435 g/mol. The molecule has 0 radical (unpaired) electrons. The fourth-order valence-corrected chi connectivity index (χ4v) is 5.91. The van der Waals surface area contributed by atoms with Gasteiger partial charge in [-0.3, -0.25) is 9.79 Å². The van der Waals surface area contributed by atoms with Gasteiger partial charge in [-0.15, -0.1) is 11.3 Å². The van der Waals surface area contributed by atoms with Crippen molar-refractivity contribution in [1.29, 1.82) is 0 Å². The number of aryl methyl sites for hydroxylation is 1. The van der Waals surface area contributed by atoms with Crippen molar-refractivity contribution in [1.82, 2.24) is 19.9 Å². The van der Waals surface area contributed by atoms with Crippen molar-refractivity contribution in [2.24, 2.45) is 10.9 Å². The van der Waals surface area contributed by atoms with Crippen molar-refractivity contribution in [3.05, 3.63) is 40.2 Å². The quantitative estimate of drug-likeness (QED) is 0.681. The number of hydrogen-bond donors (Lipinski definition) is 1. The van der Waals surface area contributed by atoms with Crippen molar-refractivity contribution < 1.29 is 9.53 Å². The number of pyridine rings is 1. The minimum Gasteiger partial charge on any atom is -0.378 e. The summed E-state index contributed by atoms with van der Waals surface area (Å²) in [6.07, 6.45) is 7.85. The molecule has 1 saturated heterocycles. The lowest BCUT2D eigenvalue weighted by molar-refractivity contribution is -0.140. The SMILES string of the molecule is O=C([C@H]1CCc2c(sc3ncnc(Nc4cc5c(cn4)CN=C5)c23)C1)N1CCOCC1. The zero-order chi connectivity index (χ0) is 20.8. The Kier molecular flexibility index (Phi) is 4.65. The molecule has 2 aliphatic heterocycles. The Morgan fingerprint density at radius 3 is 3.03 bits per heavy atom. The highest BCUT2D eigenvalue weighted by Gasteiger charge is 2.32. The molecule has 8 nitrogen and oxygen atoms in total. The Hall–Kier alpha value is -2.91. The second kappa shape index (κ2) is 7.65. The molecule has 0 aromatic carbocycles. The molecule has 1 N–H and O–H groups in total. The van der Waals surface area contributed by atoms with Crippen LogP contribution < -0.4 is 5.32 Å². The Morgan fingerprint density at radius 2 is 2.13 bits per heavy atom. The van der Waals surface area contributed by atoms with E-state index in [0.717, 1.165) is 52.2 Å². The number of carbonyl (C=O) groups is 1. The summed E-state index contributed by atoms with van der Waals surface area (Å²) in [5.74, 6) is 1.84. The molecule has 0 saturated carbocycles. The van der Waals surface area contributed by atoms with Gasteiger partial charge < -0.3 is 15.0 Å². The molecule has 3 aliphatic rings. The summed E-state index contributed by atoms with van der Waals surface area (Å²) >= 11 is 1.68. The van der Waals surface area contributed by atoms with Crippen LogP contribution in [0.5, 0.6) is 0 Å². The van der Waals surface area contributed by atoms with E-state index < -0.39 is 0 Å². The lowest BCUT2D eigenvalue weighted by atomic mass is 9.86. The van der Waals surface area contributed by atoms with Crippen LogP contribution >= 0.6 is 11.3 Å². The molecule has 3 aromatic heterocycles. The third-order valence-corrected chi connectivity index (χ3v) is 7.44. The minimum atomic E-state index is 0.0423. The van der Waals surface area contributed by atoms with E-state index in [2.05, 4.69) is 25.3 Å². The highest BCUT2D eigenvalue weighted by Crippen LogP contribution is 2.40. The summed E-state index contributed by atoms with van der Waals surface area (Å²) in [4.78, 5) is 35.0. The number of thiophene rings is 1. The first kappa shape index (κ1) is 18.8. The molecule has 158 valence electrons. The predicted octanol–water partition coefficient (Wildman–Crippen LogP) is 2.73. The molecule has 1 atom stereocenters. The van der Waals surface area contributed by atoms with E-state index in [-0.39, 0.29) is 11.8 Å². The van der Waals surface area contributed by atoms with E-state index in [1.165, 1.54) is 10.4 Å². The molecule has 3 aromatic rings. The summed E-state index contributed by atoms with van der Waals surface area (Å²) in [6, 6.07) is 2.01. The van der Waals surface area contributed by atoms with Gasteiger partial charge in [-0.25, -0.2) is 15.0 Å². The van der Waals surface area contributed by atoms with Gasteiger partial charge in [0.05, 0.1) is 25.1 Å². The number of ether oxygens (including phenoxy) is 1. The molecule has 5 heterocycles. The topological polar surface area (TPSA) is 92.6 Å². The average Bonchev–Trinajstić information content (AvgIpc) is 3.43. The second-order valence-corrected chi connectivity index (χ2v) is 9.23.